The maximum atomic E-state index is 14.0. The summed E-state index contributed by atoms with van der Waals surface area (Å²) in [6.07, 6.45) is 0. The normalized spacial score (nSPS) is 15.4. The average molecular weight is 399 g/mol. The monoisotopic (exact) mass is 399 g/mol. The largest absolute Gasteiger partial charge is 0.454 e. The summed E-state index contributed by atoms with van der Waals surface area (Å²) in [6, 6.07) is 11.8. The first kappa shape index (κ1) is 19.0. The summed E-state index contributed by atoms with van der Waals surface area (Å²) >= 11 is 0. The van der Waals surface area contributed by atoms with Crippen LogP contribution in [-0.4, -0.2) is 56.2 Å². The van der Waals surface area contributed by atoms with Gasteiger partial charge in [0.2, 0.25) is 18.6 Å². The predicted molar refractivity (Wildman–Crippen MR) is 106 cm³/mol. The Morgan fingerprint density at radius 3 is 2.48 bits per heavy atom. The van der Waals surface area contributed by atoms with E-state index in [-0.39, 0.29) is 31.0 Å². The molecule has 2 aliphatic heterocycles. The number of nitrogens with zero attached hydrogens (tertiary/aromatic N) is 3. The van der Waals surface area contributed by atoms with E-state index in [4.69, 9.17) is 9.47 Å². The highest BCUT2D eigenvalue weighted by atomic mass is 19.1. The fraction of sp³-hybridized carbons (Fsp3) is 0.333. The first-order valence-electron chi connectivity index (χ1n) is 9.48. The number of ether oxygens (including phenoxy) is 2. The number of benzene rings is 2. The minimum atomic E-state index is -0.266. The lowest BCUT2D eigenvalue weighted by Gasteiger charge is -2.37. The van der Waals surface area contributed by atoms with E-state index < -0.39 is 0 Å². The summed E-state index contributed by atoms with van der Waals surface area (Å²) in [5.74, 6) is 0.527. The van der Waals surface area contributed by atoms with E-state index in [0.29, 0.717) is 49.1 Å². The van der Waals surface area contributed by atoms with Gasteiger partial charge in [-0.25, -0.2) is 4.39 Å². The molecule has 2 amide bonds. The van der Waals surface area contributed by atoms with Gasteiger partial charge in [0, 0.05) is 44.9 Å². The fourth-order valence-electron chi connectivity index (χ4n) is 3.58. The van der Waals surface area contributed by atoms with Crippen LogP contribution in [0.5, 0.6) is 11.5 Å². The second kappa shape index (κ2) is 7.98. The minimum Gasteiger partial charge on any atom is -0.454 e. The van der Waals surface area contributed by atoms with Crippen molar-refractivity contribution in [2.45, 2.75) is 6.92 Å². The maximum absolute atomic E-state index is 14.0. The number of fused-ring (bicyclic) bond motifs is 1. The summed E-state index contributed by atoms with van der Waals surface area (Å²) < 4.78 is 24.6. The molecule has 2 aliphatic rings. The molecule has 1 saturated heterocycles. The number of hydrogen-bond donors (Lipinski definition) is 0. The molecule has 4 rings (SSSR count). The molecule has 7 nitrogen and oxygen atoms in total. The molecule has 29 heavy (non-hydrogen) atoms. The number of para-hydroxylation sites is 1. The van der Waals surface area contributed by atoms with Crippen LogP contribution in [0.1, 0.15) is 6.92 Å². The van der Waals surface area contributed by atoms with E-state index in [2.05, 4.69) is 0 Å². The SMILES string of the molecule is CC(=O)N(CC(=O)N1CCN(c2ccccc2F)CC1)c1ccc2c(c1)OCO2. The Morgan fingerprint density at radius 2 is 1.76 bits per heavy atom. The molecule has 0 N–H and O–H groups in total. The Labute approximate surface area is 168 Å². The lowest BCUT2D eigenvalue weighted by molar-refractivity contribution is -0.131. The fourth-order valence-corrected chi connectivity index (χ4v) is 3.58. The van der Waals surface area contributed by atoms with Gasteiger partial charge in [-0.1, -0.05) is 12.1 Å². The molecule has 2 aromatic carbocycles. The van der Waals surface area contributed by atoms with Crippen LogP contribution in [0.25, 0.3) is 0 Å². The van der Waals surface area contributed by atoms with Gasteiger partial charge in [0.25, 0.3) is 0 Å². The van der Waals surface area contributed by atoms with Crippen LogP contribution in [0, 0.1) is 5.82 Å². The number of carbonyl (C=O) groups is 2. The maximum Gasteiger partial charge on any atom is 0.242 e. The van der Waals surface area contributed by atoms with Gasteiger partial charge in [-0.2, -0.15) is 0 Å². The first-order valence-corrected chi connectivity index (χ1v) is 9.48. The van der Waals surface area contributed by atoms with Crippen molar-refractivity contribution < 1.29 is 23.5 Å². The Kier molecular flexibility index (Phi) is 5.24. The van der Waals surface area contributed by atoms with Gasteiger partial charge in [0.15, 0.2) is 11.5 Å². The first-order chi connectivity index (χ1) is 14.0. The summed E-state index contributed by atoms with van der Waals surface area (Å²) in [4.78, 5) is 30.0. The number of halogens is 1. The topological polar surface area (TPSA) is 62.3 Å². The van der Waals surface area contributed by atoms with Gasteiger partial charge >= 0.3 is 0 Å². The molecule has 2 aromatic rings. The van der Waals surface area contributed by atoms with Crippen molar-refractivity contribution >= 4 is 23.2 Å². The highest BCUT2D eigenvalue weighted by Crippen LogP contribution is 2.35. The molecule has 0 aromatic heterocycles. The molecular weight excluding hydrogens is 377 g/mol. The number of piperazine rings is 1. The summed E-state index contributed by atoms with van der Waals surface area (Å²) in [5, 5.41) is 0. The number of anilines is 2. The van der Waals surface area contributed by atoms with Gasteiger partial charge in [-0.3, -0.25) is 9.59 Å². The molecule has 1 fully saturated rings. The summed E-state index contributed by atoms with van der Waals surface area (Å²) in [5.41, 5.74) is 1.13. The average Bonchev–Trinajstić information content (AvgIpc) is 3.20. The smallest absolute Gasteiger partial charge is 0.242 e. The molecule has 8 heteroatoms. The lowest BCUT2D eigenvalue weighted by atomic mass is 10.2. The zero-order valence-corrected chi connectivity index (χ0v) is 16.1. The van der Waals surface area contributed by atoms with Crippen LogP contribution in [0.4, 0.5) is 15.8 Å². The van der Waals surface area contributed by atoms with E-state index in [9.17, 15) is 14.0 Å². The molecule has 0 spiro atoms. The second-order valence-corrected chi connectivity index (χ2v) is 6.96. The number of rotatable bonds is 4. The highest BCUT2D eigenvalue weighted by molar-refractivity contribution is 5.97. The van der Waals surface area contributed by atoms with Crippen molar-refractivity contribution in [2.75, 3.05) is 49.3 Å². The molecule has 152 valence electrons. The number of carbonyl (C=O) groups excluding carboxylic acids is 2. The van der Waals surface area contributed by atoms with Gasteiger partial charge in [-0.05, 0) is 24.3 Å². The zero-order chi connectivity index (χ0) is 20.4. The van der Waals surface area contributed by atoms with Crippen LogP contribution in [0.2, 0.25) is 0 Å². The van der Waals surface area contributed by atoms with Crippen LogP contribution in [0.3, 0.4) is 0 Å². The van der Waals surface area contributed by atoms with Crippen LogP contribution >= 0.6 is 0 Å². The Morgan fingerprint density at radius 1 is 1.03 bits per heavy atom. The van der Waals surface area contributed by atoms with E-state index in [0.717, 1.165) is 0 Å². The van der Waals surface area contributed by atoms with Crippen molar-refractivity contribution in [3.05, 3.63) is 48.3 Å². The third-order valence-electron chi connectivity index (χ3n) is 5.17. The molecule has 0 unspecified atom stereocenters. The predicted octanol–water partition coefficient (Wildman–Crippen LogP) is 2.26. The van der Waals surface area contributed by atoms with E-state index >= 15 is 0 Å². The standard InChI is InChI=1S/C21H22FN3O4/c1-15(26)25(16-6-7-19-20(12-16)29-14-28-19)13-21(27)24-10-8-23(9-11-24)18-5-3-2-4-17(18)22/h2-7,12H,8-11,13-14H2,1H3. The Balaban J connectivity index is 1.40. The van der Waals surface area contributed by atoms with Crippen molar-refractivity contribution in [3.63, 3.8) is 0 Å². The highest BCUT2D eigenvalue weighted by Gasteiger charge is 2.26. The van der Waals surface area contributed by atoms with E-state index in [1.165, 1.54) is 17.9 Å². The van der Waals surface area contributed by atoms with Crippen LogP contribution in [0.15, 0.2) is 42.5 Å². The molecular formula is C21H22FN3O4. The lowest BCUT2D eigenvalue weighted by Crippen LogP contribution is -2.52. The Bertz CT molecular complexity index is 928. The van der Waals surface area contributed by atoms with Crippen molar-refractivity contribution in [1.29, 1.82) is 0 Å². The molecule has 2 heterocycles. The molecule has 0 aliphatic carbocycles. The number of hydrogen-bond acceptors (Lipinski definition) is 5. The van der Waals surface area contributed by atoms with Gasteiger partial charge in [0.05, 0.1) is 5.69 Å². The van der Waals surface area contributed by atoms with E-state index in [1.807, 2.05) is 4.90 Å². The van der Waals surface area contributed by atoms with Gasteiger partial charge < -0.3 is 24.2 Å². The van der Waals surface area contributed by atoms with Crippen LogP contribution in [-0.2, 0) is 9.59 Å². The molecule has 0 atom stereocenters. The molecule has 0 saturated carbocycles. The summed E-state index contributed by atoms with van der Waals surface area (Å²) in [6.45, 7) is 3.53. The third kappa shape index (κ3) is 3.96. The Hall–Kier alpha value is -3.29. The minimum absolute atomic E-state index is 0.0608. The van der Waals surface area contributed by atoms with Crippen molar-refractivity contribution in [2.24, 2.45) is 0 Å². The van der Waals surface area contributed by atoms with Crippen LogP contribution < -0.4 is 19.3 Å². The zero-order valence-electron chi connectivity index (χ0n) is 16.1. The molecule has 0 radical (unpaired) electrons. The van der Waals surface area contributed by atoms with Crippen molar-refractivity contribution in [3.8, 4) is 11.5 Å². The van der Waals surface area contributed by atoms with Gasteiger partial charge in [0.1, 0.15) is 12.4 Å². The van der Waals surface area contributed by atoms with E-state index in [1.54, 1.807) is 41.3 Å². The third-order valence-corrected chi connectivity index (χ3v) is 5.17. The second-order valence-electron chi connectivity index (χ2n) is 6.96. The summed E-state index contributed by atoms with van der Waals surface area (Å²) in [7, 11) is 0. The van der Waals surface area contributed by atoms with Crippen molar-refractivity contribution in [1.82, 2.24) is 4.90 Å². The number of amides is 2. The quantitative estimate of drug-likeness (QED) is 0.789. The molecule has 0 bridgehead atoms. The van der Waals surface area contributed by atoms with Gasteiger partial charge in [-0.15, -0.1) is 0 Å².